The van der Waals surface area contributed by atoms with Crippen molar-refractivity contribution in [2.75, 3.05) is 13.6 Å². The number of likely N-dealkylation sites (tertiary alicyclic amines) is 1. The van der Waals surface area contributed by atoms with E-state index in [0.717, 1.165) is 44.2 Å². The van der Waals surface area contributed by atoms with Crippen molar-refractivity contribution in [3.63, 3.8) is 0 Å². The third-order valence-electron chi connectivity index (χ3n) is 5.85. The Bertz CT molecular complexity index is 697. The van der Waals surface area contributed by atoms with E-state index in [-0.39, 0.29) is 24.3 Å². The van der Waals surface area contributed by atoms with Gasteiger partial charge in [0.05, 0.1) is 5.56 Å². The Morgan fingerprint density at radius 2 is 1.68 bits per heavy atom. The number of hydrogen-bond acceptors (Lipinski definition) is 2. The standard InChI is InChI=1S/C21H27F3N2O2/c1-25(14-15-9-11-17(12-10-15)21(22,23)24)20(28)18-8-5-13-26(18)19(27)16-6-3-2-4-7-16/h9-12,16,18H,2-8,13-14H2,1H3. The molecule has 7 heteroatoms. The van der Waals surface area contributed by atoms with Crippen LogP contribution in [0.3, 0.4) is 0 Å². The predicted molar refractivity (Wildman–Crippen MR) is 99.2 cm³/mol. The number of amides is 2. The topological polar surface area (TPSA) is 40.6 Å². The lowest BCUT2D eigenvalue weighted by Gasteiger charge is -2.32. The van der Waals surface area contributed by atoms with Gasteiger partial charge < -0.3 is 9.80 Å². The molecule has 154 valence electrons. The van der Waals surface area contributed by atoms with Crippen molar-refractivity contribution in [2.24, 2.45) is 5.92 Å². The van der Waals surface area contributed by atoms with Gasteiger partial charge >= 0.3 is 6.18 Å². The summed E-state index contributed by atoms with van der Waals surface area (Å²) >= 11 is 0. The predicted octanol–water partition coefficient (Wildman–Crippen LogP) is 4.24. The van der Waals surface area contributed by atoms with Crippen molar-refractivity contribution in [2.45, 2.75) is 63.7 Å². The number of likely N-dealkylation sites (N-methyl/N-ethyl adjacent to an activating group) is 1. The van der Waals surface area contributed by atoms with Gasteiger partial charge in [-0.05, 0) is 43.4 Å². The van der Waals surface area contributed by atoms with Crippen LogP contribution >= 0.6 is 0 Å². The number of alkyl halides is 3. The lowest BCUT2D eigenvalue weighted by molar-refractivity contribution is -0.146. The third-order valence-corrected chi connectivity index (χ3v) is 5.85. The van der Waals surface area contributed by atoms with E-state index in [0.29, 0.717) is 18.5 Å². The van der Waals surface area contributed by atoms with Crippen molar-refractivity contribution < 1.29 is 22.8 Å². The zero-order chi connectivity index (χ0) is 20.3. The van der Waals surface area contributed by atoms with Gasteiger partial charge in [-0.2, -0.15) is 13.2 Å². The minimum Gasteiger partial charge on any atom is -0.340 e. The highest BCUT2D eigenvalue weighted by atomic mass is 19.4. The van der Waals surface area contributed by atoms with Crippen molar-refractivity contribution in [3.05, 3.63) is 35.4 Å². The fraction of sp³-hybridized carbons (Fsp3) is 0.619. The maximum Gasteiger partial charge on any atom is 0.416 e. The van der Waals surface area contributed by atoms with Crippen molar-refractivity contribution >= 4 is 11.8 Å². The van der Waals surface area contributed by atoms with Crippen LogP contribution in [0.5, 0.6) is 0 Å². The number of carbonyl (C=O) groups is 2. The molecule has 1 saturated heterocycles. The summed E-state index contributed by atoms with van der Waals surface area (Å²) in [6.45, 7) is 0.832. The largest absolute Gasteiger partial charge is 0.416 e. The maximum atomic E-state index is 12.9. The van der Waals surface area contributed by atoms with E-state index >= 15 is 0 Å². The molecule has 1 saturated carbocycles. The monoisotopic (exact) mass is 396 g/mol. The molecule has 2 amide bonds. The molecule has 0 spiro atoms. The molecule has 1 aliphatic heterocycles. The van der Waals surface area contributed by atoms with Gasteiger partial charge in [-0.25, -0.2) is 0 Å². The van der Waals surface area contributed by atoms with Crippen LogP contribution in [0.2, 0.25) is 0 Å². The summed E-state index contributed by atoms with van der Waals surface area (Å²) in [6.07, 6.45) is 2.19. The van der Waals surface area contributed by atoms with Crippen LogP contribution in [0.25, 0.3) is 0 Å². The number of benzene rings is 1. The van der Waals surface area contributed by atoms with E-state index in [2.05, 4.69) is 0 Å². The second-order valence-electron chi connectivity index (χ2n) is 7.91. The molecule has 1 aliphatic carbocycles. The van der Waals surface area contributed by atoms with Crippen LogP contribution in [0.1, 0.15) is 56.1 Å². The fourth-order valence-corrected chi connectivity index (χ4v) is 4.28. The molecule has 1 aromatic carbocycles. The van der Waals surface area contributed by atoms with Gasteiger partial charge in [0.25, 0.3) is 0 Å². The first-order chi connectivity index (χ1) is 13.3. The van der Waals surface area contributed by atoms with E-state index in [9.17, 15) is 22.8 Å². The van der Waals surface area contributed by atoms with E-state index in [1.165, 1.54) is 23.5 Å². The maximum absolute atomic E-state index is 12.9. The Balaban J connectivity index is 1.62. The minimum atomic E-state index is -4.37. The summed E-state index contributed by atoms with van der Waals surface area (Å²) in [5.41, 5.74) is -0.0720. The first-order valence-corrected chi connectivity index (χ1v) is 9.99. The van der Waals surface area contributed by atoms with Crippen molar-refractivity contribution in [3.8, 4) is 0 Å². The van der Waals surface area contributed by atoms with Crippen LogP contribution in [0.4, 0.5) is 13.2 Å². The van der Waals surface area contributed by atoms with Gasteiger partial charge in [0.1, 0.15) is 6.04 Å². The molecule has 1 heterocycles. The quantitative estimate of drug-likeness (QED) is 0.764. The van der Waals surface area contributed by atoms with Gasteiger partial charge in [-0.15, -0.1) is 0 Å². The molecule has 4 nitrogen and oxygen atoms in total. The summed E-state index contributed by atoms with van der Waals surface area (Å²) in [4.78, 5) is 29.1. The highest BCUT2D eigenvalue weighted by Gasteiger charge is 2.38. The van der Waals surface area contributed by atoms with Gasteiger partial charge in [0.15, 0.2) is 0 Å². The normalized spacial score (nSPS) is 21.0. The first-order valence-electron chi connectivity index (χ1n) is 9.99. The molecule has 1 unspecified atom stereocenters. The molecule has 1 atom stereocenters. The van der Waals surface area contributed by atoms with Gasteiger partial charge in [-0.3, -0.25) is 9.59 Å². The van der Waals surface area contributed by atoms with Crippen LogP contribution in [-0.4, -0.2) is 41.2 Å². The second-order valence-corrected chi connectivity index (χ2v) is 7.91. The van der Waals surface area contributed by atoms with Crippen LogP contribution in [0.15, 0.2) is 24.3 Å². The van der Waals surface area contributed by atoms with Crippen LogP contribution in [0, 0.1) is 5.92 Å². The molecular weight excluding hydrogens is 369 g/mol. The first kappa shape index (κ1) is 20.7. The minimum absolute atomic E-state index is 0.0300. The van der Waals surface area contributed by atoms with E-state index in [1.807, 2.05) is 0 Å². The lowest BCUT2D eigenvalue weighted by atomic mass is 9.88. The molecule has 0 radical (unpaired) electrons. The van der Waals surface area contributed by atoms with Gasteiger partial charge in [0.2, 0.25) is 11.8 Å². The summed E-state index contributed by atoms with van der Waals surface area (Å²) < 4.78 is 38.1. The highest BCUT2D eigenvalue weighted by Crippen LogP contribution is 2.30. The zero-order valence-electron chi connectivity index (χ0n) is 16.2. The fourth-order valence-electron chi connectivity index (χ4n) is 4.28. The smallest absolute Gasteiger partial charge is 0.340 e. The molecule has 2 aliphatic rings. The summed E-state index contributed by atoms with van der Waals surface area (Å²) in [5.74, 6) is -0.0117. The molecule has 2 fully saturated rings. The lowest BCUT2D eigenvalue weighted by Crippen LogP contribution is -2.48. The second kappa shape index (κ2) is 8.53. The van der Waals surface area contributed by atoms with Crippen LogP contribution < -0.4 is 0 Å². The molecule has 1 aromatic rings. The Morgan fingerprint density at radius 1 is 1.04 bits per heavy atom. The van der Waals surface area contributed by atoms with E-state index < -0.39 is 17.8 Å². The van der Waals surface area contributed by atoms with Crippen LogP contribution in [-0.2, 0) is 22.3 Å². The Morgan fingerprint density at radius 3 is 2.29 bits per heavy atom. The van der Waals surface area contributed by atoms with E-state index in [1.54, 1.807) is 11.9 Å². The molecular formula is C21H27F3N2O2. The number of halogens is 3. The Labute approximate surface area is 163 Å². The Hall–Kier alpha value is -2.05. The number of hydrogen-bond donors (Lipinski definition) is 0. The van der Waals surface area contributed by atoms with Gasteiger partial charge in [-0.1, -0.05) is 31.4 Å². The summed E-state index contributed by atoms with van der Waals surface area (Å²) in [5, 5.41) is 0. The molecule has 0 N–H and O–H groups in total. The third kappa shape index (κ3) is 4.67. The molecule has 28 heavy (non-hydrogen) atoms. The zero-order valence-corrected chi connectivity index (χ0v) is 16.2. The highest BCUT2D eigenvalue weighted by molar-refractivity contribution is 5.89. The molecule has 3 rings (SSSR count). The number of rotatable bonds is 4. The SMILES string of the molecule is CN(Cc1ccc(C(F)(F)F)cc1)C(=O)C1CCCN1C(=O)C1CCCCC1. The van der Waals surface area contributed by atoms with Crippen molar-refractivity contribution in [1.29, 1.82) is 0 Å². The summed E-state index contributed by atoms with van der Waals surface area (Å²) in [7, 11) is 1.64. The van der Waals surface area contributed by atoms with Crippen molar-refractivity contribution in [1.82, 2.24) is 9.80 Å². The van der Waals surface area contributed by atoms with Gasteiger partial charge in [0, 0.05) is 26.1 Å². The van der Waals surface area contributed by atoms with E-state index in [4.69, 9.17) is 0 Å². The number of carbonyl (C=O) groups excluding carboxylic acids is 2. The average molecular weight is 396 g/mol. The molecule has 0 aromatic heterocycles. The molecule has 0 bridgehead atoms. The average Bonchev–Trinajstić information content (AvgIpc) is 3.17. The number of nitrogens with zero attached hydrogens (tertiary/aromatic N) is 2. The Kier molecular flexibility index (Phi) is 6.30. The summed E-state index contributed by atoms with van der Waals surface area (Å²) in [6, 6.07) is 4.40.